The summed E-state index contributed by atoms with van der Waals surface area (Å²) >= 11 is 3.21. The molecular formula is C8H11BrN2O2. The number of aromatic carboxylic acids is 1. The van der Waals surface area contributed by atoms with E-state index >= 15 is 0 Å². The van der Waals surface area contributed by atoms with E-state index in [0.29, 0.717) is 4.60 Å². The summed E-state index contributed by atoms with van der Waals surface area (Å²) in [6, 6.07) is 0.211. The van der Waals surface area contributed by atoms with E-state index in [2.05, 4.69) is 21.0 Å². The van der Waals surface area contributed by atoms with Gasteiger partial charge in [-0.15, -0.1) is 0 Å². The molecule has 1 unspecified atom stereocenters. The molecule has 5 heteroatoms. The van der Waals surface area contributed by atoms with E-state index in [1.165, 1.54) is 6.20 Å². The molecule has 4 nitrogen and oxygen atoms in total. The fourth-order valence-electron chi connectivity index (χ4n) is 0.971. The van der Waals surface area contributed by atoms with Crippen molar-refractivity contribution in [1.29, 1.82) is 0 Å². The highest BCUT2D eigenvalue weighted by atomic mass is 79.9. The first-order valence-electron chi connectivity index (χ1n) is 4.04. The van der Waals surface area contributed by atoms with Gasteiger partial charge in [0.25, 0.3) is 0 Å². The third kappa shape index (κ3) is 1.91. The summed E-state index contributed by atoms with van der Waals surface area (Å²) < 4.78 is 2.21. The quantitative estimate of drug-likeness (QED) is 0.891. The van der Waals surface area contributed by atoms with Crippen LogP contribution in [0.25, 0.3) is 0 Å². The van der Waals surface area contributed by atoms with Crippen molar-refractivity contribution >= 4 is 21.9 Å². The first-order chi connectivity index (χ1) is 6.07. The lowest BCUT2D eigenvalue weighted by Gasteiger charge is -2.10. The van der Waals surface area contributed by atoms with E-state index in [1.54, 1.807) is 4.68 Å². The van der Waals surface area contributed by atoms with Gasteiger partial charge >= 0.3 is 5.97 Å². The highest BCUT2D eigenvalue weighted by Gasteiger charge is 2.16. The molecule has 0 aromatic carbocycles. The van der Waals surface area contributed by atoms with Crippen molar-refractivity contribution in [2.24, 2.45) is 0 Å². The smallest absolute Gasteiger partial charge is 0.340 e. The van der Waals surface area contributed by atoms with Gasteiger partial charge in [-0.1, -0.05) is 6.92 Å². The van der Waals surface area contributed by atoms with Gasteiger partial charge in [0.1, 0.15) is 10.2 Å². The number of rotatable bonds is 3. The molecular weight excluding hydrogens is 236 g/mol. The summed E-state index contributed by atoms with van der Waals surface area (Å²) in [7, 11) is 0. The minimum Gasteiger partial charge on any atom is -0.478 e. The SMILES string of the molecule is CCC(C)n1ncc(C(=O)O)c1Br. The van der Waals surface area contributed by atoms with Crippen LogP contribution in [0, 0.1) is 0 Å². The van der Waals surface area contributed by atoms with Crippen LogP contribution in [0.15, 0.2) is 10.8 Å². The Balaban J connectivity index is 3.06. The molecule has 1 aromatic rings. The molecule has 72 valence electrons. The van der Waals surface area contributed by atoms with Crippen LogP contribution in [-0.2, 0) is 0 Å². The van der Waals surface area contributed by atoms with Crippen LogP contribution >= 0.6 is 15.9 Å². The average molecular weight is 247 g/mol. The van der Waals surface area contributed by atoms with E-state index in [9.17, 15) is 4.79 Å². The first-order valence-corrected chi connectivity index (χ1v) is 4.83. The van der Waals surface area contributed by atoms with Gasteiger partial charge in [0.15, 0.2) is 0 Å². The summed E-state index contributed by atoms with van der Waals surface area (Å²) in [6.45, 7) is 4.02. The fourth-order valence-corrected chi connectivity index (χ4v) is 1.68. The lowest BCUT2D eigenvalue weighted by Crippen LogP contribution is -2.06. The minimum absolute atomic E-state index is 0.209. The summed E-state index contributed by atoms with van der Waals surface area (Å²) in [4.78, 5) is 10.7. The van der Waals surface area contributed by atoms with Gasteiger partial charge in [-0.3, -0.25) is 4.68 Å². The van der Waals surface area contributed by atoms with Gasteiger partial charge in [0, 0.05) is 0 Å². The van der Waals surface area contributed by atoms with E-state index in [-0.39, 0.29) is 11.6 Å². The second-order valence-electron chi connectivity index (χ2n) is 2.86. The molecule has 0 fully saturated rings. The molecule has 1 heterocycles. The van der Waals surface area contributed by atoms with Crippen molar-refractivity contribution in [2.45, 2.75) is 26.3 Å². The predicted molar refractivity (Wildman–Crippen MR) is 51.9 cm³/mol. The van der Waals surface area contributed by atoms with Crippen molar-refractivity contribution < 1.29 is 9.90 Å². The van der Waals surface area contributed by atoms with E-state index < -0.39 is 5.97 Å². The van der Waals surface area contributed by atoms with Crippen LogP contribution in [0.4, 0.5) is 0 Å². The Morgan fingerprint density at radius 2 is 2.46 bits per heavy atom. The maximum Gasteiger partial charge on any atom is 0.340 e. The molecule has 13 heavy (non-hydrogen) atoms. The molecule has 0 spiro atoms. The van der Waals surface area contributed by atoms with Gasteiger partial charge in [0.05, 0.1) is 12.2 Å². The molecule has 0 amide bonds. The van der Waals surface area contributed by atoms with E-state index in [1.807, 2.05) is 13.8 Å². The van der Waals surface area contributed by atoms with Crippen molar-refractivity contribution in [2.75, 3.05) is 0 Å². The fraction of sp³-hybridized carbons (Fsp3) is 0.500. The zero-order valence-corrected chi connectivity index (χ0v) is 9.08. The molecule has 0 aliphatic heterocycles. The van der Waals surface area contributed by atoms with E-state index in [4.69, 9.17) is 5.11 Å². The average Bonchev–Trinajstić information content (AvgIpc) is 2.46. The summed E-state index contributed by atoms with van der Waals surface area (Å²) in [5, 5.41) is 12.7. The molecule has 1 rings (SSSR count). The number of nitrogens with zero attached hydrogens (tertiary/aromatic N) is 2. The van der Waals surface area contributed by atoms with Gasteiger partial charge in [-0.05, 0) is 29.3 Å². The first kappa shape index (κ1) is 10.2. The number of aromatic nitrogens is 2. The van der Waals surface area contributed by atoms with Crippen LogP contribution < -0.4 is 0 Å². The second kappa shape index (κ2) is 3.91. The Morgan fingerprint density at radius 3 is 2.85 bits per heavy atom. The van der Waals surface area contributed by atoms with Crippen LogP contribution in [0.2, 0.25) is 0 Å². The molecule has 0 aliphatic rings. The number of carbonyl (C=O) groups is 1. The van der Waals surface area contributed by atoms with Crippen LogP contribution in [0.5, 0.6) is 0 Å². The van der Waals surface area contributed by atoms with Gasteiger partial charge in [-0.2, -0.15) is 5.10 Å². The number of hydrogen-bond acceptors (Lipinski definition) is 2. The molecule has 1 N–H and O–H groups in total. The number of carboxylic acid groups (broad SMARTS) is 1. The zero-order chi connectivity index (χ0) is 10.0. The largest absolute Gasteiger partial charge is 0.478 e. The Labute approximate surface area is 84.7 Å². The monoisotopic (exact) mass is 246 g/mol. The molecule has 0 bridgehead atoms. The zero-order valence-electron chi connectivity index (χ0n) is 7.49. The molecule has 0 radical (unpaired) electrons. The number of carboxylic acids is 1. The minimum atomic E-state index is -0.957. The summed E-state index contributed by atoms with van der Waals surface area (Å²) in [5.41, 5.74) is 0.209. The Kier molecular flexibility index (Phi) is 3.08. The molecule has 1 aromatic heterocycles. The highest BCUT2D eigenvalue weighted by Crippen LogP contribution is 2.21. The van der Waals surface area contributed by atoms with Crippen LogP contribution in [-0.4, -0.2) is 20.9 Å². The van der Waals surface area contributed by atoms with Gasteiger partial charge < -0.3 is 5.11 Å². The van der Waals surface area contributed by atoms with Crippen LogP contribution in [0.1, 0.15) is 36.7 Å². The van der Waals surface area contributed by atoms with Gasteiger partial charge in [0.2, 0.25) is 0 Å². The Morgan fingerprint density at radius 1 is 1.85 bits per heavy atom. The standard InChI is InChI=1S/C8H11BrN2O2/c1-3-5(2)11-7(9)6(4-10-11)8(12)13/h4-5H,3H2,1-2H3,(H,12,13). The molecule has 0 saturated heterocycles. The second-order valence-corrected chi connectivity index (χ2v) is 3.61. The normalized spacial score (nSPS) is 12.8. The molecule has 0 aliphatic carbocycles. The van der Waals surface area contributed by atoms with Crippen molar-refractivity contribution in [3.05, 3.63) is 16.4 Å². The van der Waals surface area contributed by atoms with Crippen molar-refractivity contribution in [1.82, 2.24) is 9.78 Å². The summed E-state index contributed by atoms with van der Waals surface area (Å²) in [5.74, 6) is -0.957. The Bertz CT molecular complexity index is 322. The highest BCUT2D eigenvalue weighted by molar-refractivity contribution is 9.10. The molecule has 1 atom stereocenters. The van der Waals surface area contributed by atoms with Crippen molar-refractivity contribution in [3.63, 3.8) is 0 Å². The maximum absolute atomic E-state index is 10.7. The topological polar surface area (TPSA) is 55.1 Å². The number of hydrogen-bond donors (Lipinski definition) is 1. The maximum atomic E-state index is 10.7. The Hall–Kier alpha value is -0.840. The van der Waals surface area contributed by atoms with Crippen molar-refractivity contribution in [3.8, 4) is 0 Å². The van der Waals surface area contributed by atoms with Gasteiger partial charge in [-0.25, -0.2) is 4.79 Å². The molecule has 0 saturated carbocycles. The summed E-state index contributed by atoms with van der Waals surface area (Å²) in [6.07, 6.45) is 2.28. The predicted octanol–water partition coefficient (Wildman–Crippen LogP) is 2.31. The third-order valence-corrected chi connectivity index (χ3v) is 2.76. The lowest BCUT2D eigenvalue weighted by molar-refractivity contribution is 0.0695. The van der Waals surface area contributed by atoms with E-state index in [0.717, 1.165) is 6.42 Å². The lowest BCUT2D eigenvalue weighted by atomic mass is 10.3. The van der Waals surface area contributed by atoms with Crippen LogP contribution in [0.3, 0.4) is 0 Å². The third-order valence-electron chi connectivity index (χ3n) is 1.97. The number of halogens is 1.